The van der Waals surface area contributed by atoms with Gasteiger partial charge in [-0.05, 0) is 17.4 Å². The van der Waals surface area contributed by atoms with Gasteiger partial charge < -0.3 is 10.3 Å². The summed E-state index contributed by atoms with van der Waals surface area (Å²) in [6.07, 6.45) is -0.0966. The molecule has 0 aliphatic carbocycles. The molecular formula is C15H13F2N3O2S. The SMILES string of the molecule is CCSc1nc2c(c(=O)[nH]1)[C@H](c1ccc(F)cc1F)CC(=O)N2. The summed E-state index contributed by atoms with van der Waals surface area (Å²) in [5.41, 5.74) is -0.138. The molecule has 2 N–H and O–H groups in total. The third-order valence-corrected chi connectivity index (χ3v) is 4.30. The number of nitrogens with zero attached hydrogens (tertiary/aromatic N) is 1. The van der Waals surface area contributed by atoms with Crippen LogP contribution in [0.4, 0.5) is 14.6 Å². The zero-order valence-electron chi connectivity index (χ0n) is 12.2. The van der Waals surface area contributed by atoms with Gasteiger partial charge in [-0.3, -0.25) is 9.59 Å². The van der Waals surface area contributed by atoms with Crippen molar-refractivity contribution in [1.29, 1.82) is 0 Å². The maximum atomic E-state index is 14.1. The molecule has 23 heavy (non-hydrogen) atoms. The summed E-state index contributed by atoms with van der Waals surface area (Å²) >= 11 is 1.32. The van der Waals surface area contributed by atoms with E-state index >= 15 is 0 Å². The van der Waals surface area contributed by atoms with E-state index in [0.29, 0.717) is 10.9 Å². The first-order chi connectivity index (χ1) is 11.0. The molecule has 3 rings (SSSR count). The zero-order chi connectivity index (χ0) is 16.6. The number of aromatic nitrogens is 2. The second kappa shape index (κ2) is 6.11. The Morgan fingerprint density at radius 3 is 2.83 bits per heavy atom. The quantitative estimate of drug-likeness (QED) is 0.667. The van der Waals surface area contributed by atoms with E-state index in [1.54, 1.807) is 0 Å². The highest BCUT2D eigenvalue weighted by atomic mass is 32.2. The number of aromatic amines is 1. The average Bonchev–Trinajstić information content (AvgIpc) is 2.46. The van der Waals surface area contributed by atoms with E-state index in [0.717, 1.165) is 12.1 Å². The highest BCUT2D eigenvalue weighted by molar-refractivity contribution is 7.99. The van der Waals surface area contributed by atoms with Crippen LogP contribution in [0.5, 0.6) is 0 Å². The Balaban J connectivity index is 2.15. The van der Waals surface area contributed by atoms with Gasteiger partial charge in [-0.1, -0.05) is 24.8 Å². The molecule has 0 saturated carbocycles. The van der Waals surface area contributed by atoms with Crippen LogP contribution in [0.2, 0.25) is 0 Å². The van der Waals surface area contributed by atoms with Gasteiger partial charge in [0.25, 0.3) is 5.56 Å². The lowest BCUT2D eigenvalue weighted by Crippen LogP contribution is -2.31. The third-order valence-electron chi connectivity index (χ3n) is 3.55. The first kappa shape index (κ1) is 15.7. The molecule has 8 heteroatoms. The number of amides is 1. The molecule has 1 aromatic heterocycles. The molecule has 120 valence electrons. The van der Waals surface area contributed by atoms with Crippen molar-refractivity contribution < 1.29 is 13.6 Å². The van der Waals surface area contributed by atoms with E-state index in [-0.39, 0.29) is 29.3 Å². The zero-order valence-corrected chi connectivity index (χ0v) is 13.0. The van der Waals surface area contributed by atoms with Crippen molar-refractivity contribution >= 4 is 23.5 Å². The van der Waals surface area contributed by atoms with Gasteiger partial charge in [0.15, 0.2) is 5.16 Å². The van der Waals surface area contributed by atoms with Gasteiger partial charge in [0.1, 0.15) is 17.5 Å². The number of carbonyl (C=O) groups excluding carboxylic acids is 1. The summed E-state index contributed by atoms with van der Waals surface area (Å²) in [6, 6.07) is 3.10. The van der Waals surface area contributed by atoms with E-state index in [1.165, 1.54) is 17.8 Å². The van der Waals surface area contributed by atoms with Crippen LogP contribution in [0.25, 0.3) is 0 Å². The number of nitrogens with one attached hydrogen (secondary N) is 2. The molecule has 0 unspecified atom stereocenters. The normalized spacial score (nSPS) is 16.8. The number of halogens is 2. The molecule has 1 atom stereocenters. The molecule has 0 saturated heterocycles. The summed E-state index contributed by atoms with van der Waals surface area (Å²) in [4.78, 5) is 31.1. The Kier molecular flexibility index (Phi) is 4.16. The van der Waals surface area contributed by atoms with Crippen LogP contribution in [-0.2, 0) is 4.79 Å². The van der Waals surface area contributed by atoms with Crippen molar-refractivity contribution in [2.45, 2.75) is 24.4 Å². The van der Waals surface area contributed by atoms with Gasteiger partial charge in [0, 0.05) is 18.4 Å². The second-order valence-electron chi connectivity index (χ2n) is 5.04. The van der Waals surface area contributed by atoms with E-state index in [2.05, 4.69) is 15.3 Å². The molecule has 2 aromatic rings. The predicted octanol–water partition coefficient (Wildman–Crippen LogP) is 2.63. The molecule has 0 fully saturated rings. The lowest BCUT2D eigenvalue weighted by Gasteiger charge is -2.24. The lowest BCUT2D eigenvalue weighted by molar-refractivity contribution is -0.116. The van der Waals surface area contributed by atoms with Crippen LogP contribution in [0.15, 0.2) is 28.2 Å². The van der Waals surface area contributed by atoms with E-state index < -0.39 is 23.1 Å². The Morgan fingerprint density at radius 2 is 2.13 bits per heavy atom. The largest absolute Gasteiger partial charge is 0.310 e. The number of hydrogen-bond donors (Lipinski definition) is 2. The summed E-state index contributed by atoms with van der Waals surface area (Å²) in [5, 5.41) is 2.94. The van der Waals surface area contributed by atoms with Crippen LogP contribution in [-0.4, -0.2) is 21.6 Å². The van der Waals surface area contributed by atoms with E-state index in [9.17, 15) is 18.4 Å². The predicted molar refractivity (Wildman–Crippen MR) is 82.7 cm³/mol. The summed E-state index contributed by atoms with van der Waals surface area (Å²) in [7, 11) is 0. The molecule has 5 nitrogen and oxygen atoms in total. The average molecular weight is 337 g/mol. The van der Waals surface area contributed by atoms with Gasteiger partial charge in [-0.25, -0.2) is 13.8 Å². The fourth-order valence-corrected chi connectivity index (χ4v) is 3.20. The summed E-state index contributed by atoms with van der Waals surface area (Å²) in [6.45, 7) is 1.90. The van der Waals surface area contributed by atoms with Gasteiger partial charge >= 0.3 is 0 Å². The van der Waals surface area contributed by atoms with E-state index in [4.69, 9.17) is 0 Å². The smallest absolute Gasteiger partial charge is 0.257 e. The van der Waals surface area contributed by atoms with Crippen molar-refractivity contribution in [3.8, 4) is 0 Å². The second-order valence-corrected chi connectivity index (χ2v) is 6.29. The monoisotopic (exact) mass is 337 g/mol. The molecular weight excluding hydrogens is 324 g/mol. The van der Waals surface area contributed by atoms with Crippen molar-refractivity contribution in [2.24, 2.45) is 0 Å². The Bertz CT molecular complexity index is 838. The molecule has 1 aliphatic heterocycles. The lowest BCUT2D eigenvalue weighted by atomic mass is 9.86. The van der Waals surface area contributed by atoms with Crippen molar-refractivity contribution in [2.75, 3.05) is 11.1 Å². The number of fused-ring (bicyclic) bond motifs is 1. The van der Waals surface area contributed by atoms with Gasteiger partial charge in [0.05, 0.1) is 5.56 Å². The highest BCUT2D eigenvalue weighted by Crippen LogP contribution is 2.35. The van der Waals surface area contributed by atoms with E-state index in [1.807, 2.05) is 6.92 Å². The minimum absolute atomic E-state index is 0.0966. The topological polar surface area (TPSA) is 74.8 Å². The number of H-pyrrole nitrogens is 1. The van der Waals surface area contributed by atoms with Crippen LogP contribution >= 0.6 is 11.8 Å². The van der Waals surface area contributed by atoms with Gasteiger partial charge in [-0.15, -0.1) is 0 Å². The maximum Gasteiger partial charge on any atom is 0.257 e. The molecule has 0 bridgehead atoms. The molecule has 2 heterocycles. The minimum atomic E-state index is -0.795. The number of hydrogen-bond acceptors (Lipinski definition) is 4. The van der Waals surface area contributed by atoms with Crippen LogP contribution < -0.4 is 10.9 Å². The molecule has 1 aromatic carbocycles. The van der Waals surface area contributed by atoms with Crippen LogP contribution in [0.1, 0.15) is 30.4 Å². The Hall–Kier alpha value is -2.22. The Labute approximate surface area is 134 Å². The summed E-state index contributed by atoms with van der Waals surface area (Å²) < 4.78 is 27.2. The first-order valence-corrected chi connectivity index (χ1v) is 8.00. The van der Waals surface area contributed by atoms with Crippen molar-refractivity contribution in [3.05, 3.63) is 51.3 Å². The Morgan fingerprint density at radius 1 is 1.35 bits per heavy atom. The number of rotatable bonds is 3. The number of anilines is 1. The number of thioether (sulfide) groups is 1. The van der Waals surface area contributed by atoms with Gasteiger partial charge in [-0.2, -0.15) is 0 Å². The number of benzene rings is 1. The fraction of sp³-hybridized carbons (Fsp3) is 0.267. The molecule has 1 amide bonds. The van der Waals surface area contributed by atoms with Crippen LogP contribution in [0.3, 0.4) is 0 Å². The molecule has 0 spiro atoms. The summed E-state index contributed by atoms with van der Waals surface area (Å²) in [5.74, 6) is -1.83. The fourth-order valence-electron chi connectivity index (χ4n) is 2.61. The number of carbonyl (C=O) groups is 1. The minimum Gasteiger partial charge on any atom is -0.310 e. The third kappa shape index (κ3) is 2.98. The van der Waals surface area contributed by atoms with Crippen molar-refractivity contribution in [3.63, 3.8) is 0 Å². The maximum absolute atomic E-state index is 14.1. The first-order valence-electron chi connectivity index (χ1n) is 7.01. The highest BCUT2D eigenvalue weighted by Gasteiger charge is 2.32. The molecule has 1 aliphatic rings. The standard InChI is InChI=1S/C15H13F2N3O2S/c1-2-23-15-19-13-12(14(22)20-15)9(6-11(21)18-13)8-4-3-7(16)5-10(8)17/h3-5,9H,2,6H2,1H3,(H2,18,19,20,21,22)/t9-/m0/s1. The molecule has 0 radical (unpaired) electrons. The van der Waals surface area contributed by atoms with Crippen molar-refractivity contribution in [1.82, 2.24) is 9.97 Å². The van der Waals surface area contributed by atoms with Crippen LogP contribution in [0, 0.1) is 11.6 Å². The van der Waals surface area contributed by atoms with Gasteiger partial charge in [0.2, 0.25) is 5.91 Å².